The summed E-state index contributed by atoms with van der Waals surface area (Å²) >= 11 is 0. The van der Waals surface area contributed by atoms with Gasteiger partial charge < -0.3 is 0 Å². The third-order valence-electron chi connectivity index (χ3n) is 1.92. The molecule has 2 rings (SSSR count). The number of rotatable bonds is 1. The number of hydrogen-bond acceptors (Lipinski definition) is 2. The van der Waals surface area contributed by atoms with Gasteiger partial charge in [-0.2, -0.15) is 4.39 Å². The van der Waals surface area contributed by atoms with Gasteiger partial charge in [-0.3, -0.25) is 4.98 Å². The van der Waals surface area contributed by atoms with Gasteiger partial charge in [0.15, 0.2) is 0 Å². The zero-order chi connectivity index (χ0) is 9.97. The van der Waals surface area contributed by atoms with Gasteiger partial charge in [0.05, 0.1) is 0 Å². The zero-order valence-electron chi connectivity index (χ0n) is 7.74. The number of hydrogen-bond donors (Lipinski definition) is 0. The first-order valence-corrected chi connectivity index (χ1v) is 4.30. The fraction of sp³-hybridized carbons (Fsp3) is 0.0909. The molecule has 0 fully saturated rings. The van der Waals surface area contributed by atoms with Crippen LogP contribution in [0.4, 0.5) is 4.39 Å². The first kappa shape index (κ1) is 8.81. The van der Waals surface area contributed by atoms with Crippen molar-refractivity contribution < 1.29 is 4.39 Å². The second-order valence-electron chi connectivity index (χ2n) is 3.06. The summed E-state index contributed by atoms with van der Waals surface area (Å²) in [5, 5.41) is 0. The third-order valence-corrected chi connectivity index (χ3v) is 1.92. The van der Waals surface area contributed by atoms with Crippen molar-refractivity contribution in [1.82, 2.24) is 9.97 Å². The summed E-state index contributed by atoms with van der Waals surface area (Å²) in [5.74, 6) is -0.455. The van der Waals surface area contributed by atoms with Gasteiger partial charge in [0.1, 0.15) is 0 Å². The number of pyridine rings is 2. The van der Waals surface area contributed by atoms with Gasteiger partial charge in [-0.05, 0) is 24.6 Å². The lowest BCUT2D eigenvalue weighted by atomic mass is 10.1. The SMILES string of the molecule is Cc1cc(-c2cccnc2)cc(F)n1. The molecule has 2 heterocycles. The van der Waals surface area contributed by atoms with Crippen LogP contribution in [0.25, 0.3) is 11.1 Å². The average Bonchev–Trinajstić information content (AvgIpc) is 2.18. The van der Waals surface area contributed by atoms with Crippen LogP contribution in [0.1, 0.15) is 5.69 Å². The van der Waals surface area contributed by atoms with E-state index >= 15 is 0 Å². The van der Waals surface area contributed by atoms with Crippen molar-refractivity contribution in [2.45, 2.75) is 6.92 Å². The maximum atomic E-state index is 13.0. The maximum absolute atomic E-state index is 13.0. The highest BCUT2D eigenvalue weighted by atomic mass is 19.1. The predicted molar refractivity (Wildman–Crippen MR) is 52.2 cm³/mol. The van der Waals surface area contributed by atoms with Crippen molar-refractivity contribution >= 4 is 0 Å². The van der Waals surface area contributed by atoms with E-state index in [1.165, 1.54) is 6.07 Å². The molecule has 2 nitrogen and oxygen atoms in total. The standard InChI is InChI=1S/C11H9FN2/c1-8-5-10(6-11(12)14-8)9-3-2-4-13-7-9/h2-7H,1H3. The molecule has 0 N–H and O–H groups in total. The highest BCUT2D eigenvalue weighted by molar-refractivity contribution is 5.62. The molecule has 0 saturated heterocycles. The summed E-state index contributed by atoms with van der Waals surface area (Å²) in [6.45, 7) is 1.77. The molecule has 0 aliphatic heterocycles. The van der Waals surface area contributed by atoms with E-state index in [0.29, 0.717) is 5.69 Å². The lowest BCUT2D eigenvalue weighted by Crippen LogP contribution is -1.89. The summed E-state index contributed by atoms with van der Waals surface area (Å²) in [4.78, 5) is 7.65. The van der Waals surface area contributed by atoms with Crippen LogP contribution < -0.4 is 0 Å². The molecule has 0 radical (unpaired) electrons. The van der Waals surface area contributed by atoms with Crippen LogP contribution in [-0.2, 0) is 0 Å². The summed E-state index contributed by atoms with van der Waals surface area (Å²) in [5.41, 5.74) is 2.38. The van der Waals surface area contributed by atoms with Gasteiger partial charge >= 0.3 is 0 Å². The minimum absolute atomic E-state index is 0.455. The predicted octanol–water partition coefficient (Wildman–Crippen LogP) is 2.59. The summed E-state index contributed by atoms with van der Waals surface area (Å²) in [6, 6.07) is 6.95. The molecule has 0 bridgehead atoms. The van der Waals surface area contributed by atoms with Crippen molar-refractivity contribution in [3.63, 3.8) is 0 Å². The molecule has 2 aromatic heterocycles. The number of halogens is 1. The van der Waals surface area contributed by atoms with E-state index in [1.807, 2.05) is 18.2 Å². The van der Waals surface area contributed by atoms with Crippen molar-refractivity contribution in [2.24, 2.45) is 0 Å². The van der Waals surface area contributed by atoms with E-state index in [4.69, 9.17) is 0 Å². The van der Waals surface area contributed by atoms with Gasteiger partial charge in [-0.1, -0.05) is 6.07 Å². The normalized spacial score (nSPS) is 10.1. The highest BCUT2D eigenvalue weighted by Crippen LogP contribution is 2.18. The molecular formula is C11H9FN2. The lowest BCUT2D eigenvalue weighted by Gasteiger charge is -2.01. The monoisotopic (exact) mass is 188 g/mol. The Morgan fingerprint density at radius 3 is 2.71 bits per heavy atom. The average molecular weight is 188 g/mol. The zero-order valence-corrected chi connectivity index (χ0v) is 7.74. The molecule has 70 valence electrons. The van der Waals surface area contributed by atoms with Gasteiger partial charge in [0, 0.05) is 29.7 Å². The Kier molecular flexibility index (Phi) is 2.23. The van der Waals surface area contributed by atoms with Crippen molar-refractivity contribution in [3.8, 4) is 11.1 Å². The fourth-order valence-electron chi connectivity index (χ4n) is 1.33. The number of nitrogens with zero attached hydrogens (tertiary/aromatic N) is 2. The smallest absolute Gasteiger partial charge is 0.213 e. The van der Waals surface area contributed by atoms with Gasteiger partial charge in [-0.15, -0.1) is 0 Å². The highest BCUT2D eigenvalue weighted by Gasteiger charge is 2.01. The second kappa shape index (κ2) is 3.54. The maximum Gasteiger partial charge on any atom is 0.213 e. The fourth-order valence-corrected chi connectivity index (χ4v) is 1.33. The van der Waals surface area contributed by atoms with E-state index in [0.717, 1.165) is 11.1 Å². The summed E-state index contributed by atoms with van der Waals surface area (Å²) < 4.78 is 13.0. The lowest BCUT2D eigenvalue weighted by molar-refractivity contribution is 0.581. The molecule has 14 heavy (non-hydrogen) atoms. The topological polar surface area (TPSA) is 25.8 Å². The van der Waals surface area contributed by atoms with Crippen LogP contribution in [0.15, 0.2) is 36.7 Å². The number of aromatic nitrogens is 2. The molecule has 2 aromatic rings. The Balaban J connectivity index is 2.52. The third kappa shape index (κ3) is 1.76. The van der Waals surface area contributed by atoms with Crippen LogP contribution in [0.3, 0.4) is 0 Å². The van der Waals surface area contributed by atoms with E-state index in [2.05, 4.69) is 9.97 Å². The van der Waals surface area contributed by atoms with Crippen molar-refractivity contribution in [1.29, 1.82) is 0 Å². The quantitative estimate of drug-likeness (QED) is 0.643. The van der Waals surface area contributed by atoms with Gasteiger partial charge in [0.2, 0.25) is 5.95 Å². The molecule has 0 amide bonds. The Morgan fingerprint density at radius 1 is 1.21 bits per heavy atom. The Bertz CT molecular complexity index is 420. The molecule has 3 heteroatoms. The van der Waals surface area contributed by atoms with Crippen LogP contribution in [-0.4, -0.2) is 9.97 Å². The minimum Gasteiger partial charge on any atom is -0.264 e. The first-order chi connectivity index (χ1) is 6.75. The molecule has 0 aliphatic rings. The summed E-state index contributed by atoms with van der Waals surface area (Å²) in [7, 11) is 0. The van der Waals surface area contributed by atoms with Crippen molar-refractivity contribution in [3.05, 3.63) is 48.3 Å². The van der Waals surface area contributed by atoms with E-state index < -0.39 is 5.95 Å². The molecule has 0 aliphatic carbocycles. The Labute approximate surface area is 81.5 Å². The first-order valence-electron chi connectivity index (χ1n) is 4.30. The van der Waals surface area contributed by atoms with Crippen LogP contribution in [0.5, 0.6) is 0 Å². The molecule has 0 spiro atoms. The minimum atomic E-state index is -0.455. The Hall–Kier alpha value is -1.77. The number of aryl methyl sites for hydroxylation is 1. The van der Waals surface area contributed by atoms with E-state index in [1.54, 1.807) is 19.3 Å². The molecule has 0 atom stereocenters. The Morgan fingerprint density at radius 2 is 2.07 bits per heavy atom. The molecule has 0 saturated carbocycles. The molecule has 0 unspecified atom stereocenters. The largest absolute Gasteiger partial charge is 0.264 e. The molecule has 0 aromatic carbocycles. The van der Waals surface area contributed by atoms with E-state index in [-0.39, 0.29) is 0 Å². The summed E-state index contributed by atoms with van der Waals surface area (Å²) in [6.07, 6.45) is 3.39. The van der Waals surface area contributed by atoms with Gasteiger partial charge in [-0.25, -0.2) is 4.98 Å². The molecular weight excluding hydrogens is 179 g/mol. The van der Waals surface area contributed by atoms with Crippen LogP contribution >= 0.6 is 0 Å². The van der Waals surface area contributed by atoms with E-state index in [9.17, 15) is 4.39 Å². The van der Waals surface area contributed by atoms with Crippen molar-refractivity contribution in [2.75, 3.05) is 0 Å². The van der Waals surface area contributed by atoms with Gasteiger partial charge in [0.25, 0.3) is 0 Å². The van der Waals surface area contributed by atoms with Crippen LogP contribution in [0, 0.1) is 12.9 Å². The second-order valence-corrected chi connectivity index (χ2v) is 3.06. The van der Waals surface area contributed by atoms with Crippen LogP contribution in [0.2, 0.25) is 0 Å².